The number of carbonyl (C=O) groups is 1. The monoisotopic (exact) mass is 440 g/mol. The molecule has 0 spiro atoms. The molecule has 0 bridgehead atoms. The number of para-hydroxylation sites is 1. The van der Waals surface area contributed by atoms with Crippen LogP contribution < -0.4 is 15.4 Å². The van der Waals surface area contributed by atoms with Crippen molar-refractivity contribution in [3.8, 4) is 17.0 Å². The fourth-order valence-electron chi connectivity index (χ4n) is 4.48. The highest BCUT2D eigenvalue weighted by Gasteiger charge is 2.20. The van der Waals surface area contributed by atoms with Crippen molar-refractivity contribution < 1.29 is 9.53 Å². The molecule has 33 heavy (non-hydrogen) atoms. The number of hydrogen-bond donors (Lipinski definition) is 2. The minimum atomic E-state index is -0.517. The van der Waals surface area contributed by atoms with E-state index in [1.807, 2.05) is 54.6 Å². The predicted molar refractivity (Wildman–Crippen MR) is 132 cm³/mol. The van der Waals surface area contributed by atoms with Crippen LogP contribution in [0.4, 0.5) is 16.3 Å². The van der Waals surface area contributed by atoms with Crippen LogP contribution in [0.2, 0.25) is 0 Å². The molecule has 2 heterocycles. The highest BCUT2D eigenvalue weighted by atomic mass is 16.6. The number of amides is 1. The molecule has 1 aliphatic carbocycles. The Balaban J connectivity index is 1.39. The van der Waals surface area contributed by atoms with Gasteiger partial charge < -0.3 is 10.1 Å². The van der Waals surface area contributed by atoms with Gasteiger partial charge in [0, 0.05) is 23.0 Å². The Bertz CT molecular complexity index is 1240. The Morgan fingerprint density at radius 3 is 2.45 bits per heavy atom. The van der Waals surface area contributed by atoms with Gasteiger partial charge in [-0.1, -0.05) is 43.5 Å². The number of fused-ring (bicyclic) bond motifs is 1. The van der Waals surface area contributed by atoms with Crippen LogP contribution in [0.25, 0.3) is 16.9 Å². The maximum Gasteiger partial charge on any atom is 0.417 e. The minimum Gasteiger partial charge on any atom is -0.410 e. The van der Waals surface area contributed by atoms with E-state index in [1.54, 1.807) is 12.1 Å². The second kappa shape index (κ2) is 9.36. The maximum absolute atomic E-state index is 12.2. The fourth-order valence-corrected chi connectivity index (χ4v) is 4.48. The molecule has 168 valence electrons. The molecule has 0 aliphatic heterocycles. The first-order valence-corrected chi connectivity index (χ1v) is 11.6. The van der Waals surface area contributed by atoms with Gasteiger partial charge in [0.15, 0.2) is 0 Å². The summed E-state index contributed by atoms with van der Waals surface area (Å²) in [7, 11) is 0. The molecule has 6 heteroatoms. The van der Waals surface area contributed by atoms with Gasteiger partial charge in [0.1, 0.15) is 22.9 Å². The first-order valence-electron chi connectivity index (χ1n) is 11.6. The van der Waals surface area contributed by atoms with Crippen molar-refractivity contribution >= 4 is 23.2 Å². The topological polar surface area (TPSA) is 67.7 Å². The third-order valence-corrected chi connectivity index (χ3v) is 6.14. The summed E-state index contributed by atoms with van der Waals surface area (Å²) >= 11 is 0. The van der Waals surface area contributed by atoms with E-state index >= 15 is 0 Å². The molecule has 2 aromatic carbocycles. The molecule has 0 saturated heterocycles. The molecular formula is C27H28N4O2. The zero-order chi connectivity index (χ0) is 22.6. The van der Waals surface area contributed by atoms with Gasteiger partial charge in [-0.3, -0.25) is 9.72 Å². The Morgan fingerprint density at radius 1 is 0.939 bits per heavy atom. The number of ether oxygens (including phenoxy) is 1. The van der Waals surface area contributed by atoms with Gasteiger partial charge >= 0.3 is 6.09 Å². The lowest BCUT2D eigenvalue weighted by molar-refractivity contribution is 0.215. The number of imidazole rings is 1. The second-order valence-corrected chi connectivity index (χ2v) is 8.55. The van der Waals surface area contributed by atoms with Crippen LogP contribution in [0, 0.1) is 6.92 Å². The zero-order valence-electron chi connectivity index (χ0n) is 18.8. The van der Waals surface area contributed by atoms with Gasteiger partial charge in [0.05, 0.1) is 0 Å². The Hall–Kier alpha value is -3.80. The van der Waals surface area contributed by atoms with Crippen molar-refractivity contribution in [3.63, 3.8) is 0 Å². The third-order valence-electron chi connectivity index (χ3n) is 6.14. The van der Waals surface area contributed by atoms with Crippen molar-refractivity contribution in [2.45, 2.75) is 45.1 Å². The number of anilines is 2. The van der Waals surface area contributed by atoms with Crippen LogP contribution in [0.5, 0.6) is 5.75 Å². The van der Waals surface area contributed by atoms with Crippen molar-refractivity contribution in [1.82, 2.24) is 9.38 Å². The molecule has 2 N–H and O–H groups in total. The van der Waals surface area contributed by atoms with E-state index in [4.69, 9.17) is 9.72 Å². The number of nitrogens with one attached hydrogen (secondary N) is 2. The fraction of sp³-hybridized carbons (Fsp3) is 0.259. The number of hydrogen-bond acceptors (Lipinski definition) is 4. The highest BCUT2D eigenvalue weighted by molar-refractivity contribution is 5.86. The molecule has 6 nitrogen and oxygen atoms in total. The Labute approximate surface area is 193 Å². The van der Waals surface area contributed by atoms with Gasteiger partial charge in [0.2, 0.25) is 0 Å². The number of carbonyl (C=O) groups excluding carboxylic acids is 1. The van der Waals surface area contributed by atoms with E-state index in [0.29, 0.717) is 17.5 Å². The van der Waals surface area contributed by atoms with Gasteiger partial charge in [-0.15, -0.1) is 0 Å². The van der Waals surface area contributed by atoms with Gasteiger partial charge in [0.25, 0.3) is 0 Å². The Morgan fingerprint density at radius 2 is 1.70 bits per heavy atom. The summed E-state index contributed by atoms with van der Waals surface area (Å²) in [6.07, 6.45) is 5.69. The summed E-state index contributed by atoms with van der Waals surface area (Å²) in [6, 6.07) is 23.4. The van der Waals surface area contributed by atoms with E-state index in [1.165, 1.54) is 32.1 Å². The normalized spacial score (nSPS) is 14.2. The molecule has 0 radical (unpaired) electrons. The predicted octanol–water partition coefficient (Wildman–Crippen LogP) is 6.67. The smallest absolute Gasteiger partial charge is 0.410 e. The molecule has 2 aromatic heterocycles. The molecule has 1 fully saturated rings. The lowest BCUT2D eigenvalue weighted by Gasteiger charge is -2.24. The number of rotatable bonds is 5. The quantitative estimate of drug-likeness (QED) is 0.364. The summed E-state index contributed by atoms with van der Waals surface area (Å²) in [6.45, 7) is 2.10. The lowest BCUT2D eigenvalue weighted by atomic mass is 9.95. The van der Waals surface area contributed by atoms with Crippen LogP contribution in [0.15, 0.2) is 72.8 Å². The summed E-state index contributed by atoms with van der Waals surface area (Å²) in [4.78, 5) is 17.1. The van der Waals surface area contributed by atoms with Crippen LogP contribution in [0.1, 0.15) is 37.8 Å². The van der Waals surface area contributed by atoms with Crippen LogP contribution in [-0.4, -0.2) is 21.5 Å². The molecule has 0 atom stereocenters. The van der Waals surface area contributed by atoms with E-state index < -0.39 is 6.09 Å². The molecule has 1 aliphatic rings. The highest BCUT2D eigenvalue weighted by Crippen LogP contribution is 2.33. The number of pyridine rings is 1. The summed E-state index contributed by atoms with van der Waals surface area (Å²) in [5.74, 6) is 1.51. The van der Waals surface area contributed by atoms with E-state index in [2.05, 4.69) is 28.0 Å². The van der Waals surface area contributed by atoms with Crippen LogP contribution >= 0.6 is 0 Å². The van der Waals surface area contributed by atoms with Crippen LogP contribution in [-0.2, 0) is 0 Å². The molecule has 1 saturated carbocycles. The number of aryl methyl sites for hydroxylation is 1. The van der Waals surface area contributed by atoms with Gasteiger partial charge in [-0.05, 0) is 68.3 Å². The Kier molecular flexibility index (Phi) is 5.98. The van der Waals surface area contributed by atoms with Crippen molar-refractivity contribution in [2.24, 2.45) is 0 Å². The number of nitrogens with zero attached hydrogens (tertiary/aromatic N) is 2. The average Bonchev–Trinajstić information content (AvgIpc) is 3.20. The first-order chi connectivity index (χ1) is 16.2. The molecular weight excluding hydrogens is 412 g/mol. The molecule has 1 amide bonds. The first kappa shape index (κ1) is 21.1. The average molecular weight is 441 g/mol. The van der Waals surface area contributed by atoms with Crippen molar-refractivity contribution in [2.75, 3.05) is 10.6 Å². The number of aromatic nitrogens is 2. The second-order valence-electron chi connectivity index (χ2n) is 8.55. The maximum atomic E-state index is 12.2. The molecule has 0 unspecified atom stereocenters. The molecule has 5 rings (SSSR count). The standard InChI is InChI=1S/C27H28N4O2/c1-19-9-8-14-24-30-25(26(31(19)24)28-21-10-4-2-5-11-21)20-15-17-23(18-16-20)33-27(32)29-22-12-6-3-7-13-22/h3,6-9,12-18,21,28H,2,4-5,10-11H2,1H3,(H,29,32). The number of benzene rings is 2. The third kappa shape index (κ3) is 4.70. The van der Waals surface area contributed by atoms with E-state index in [9.17, 15) is 4.79 Å². The van der Waals surface area contributed by atoms with Crippen molar-refractivity contribution in [3.05, 3.63) is 78.5 Å². The van der Waals surface area contributed by atoms with Gasteiger partial charge in [-0.25, -0.2) is 9.78 Å². The summed E-state index contributed by atoms with van der Waals surface area (Å²) in [5, 5.41) is 6.52. The lowest BCUT2D eigenvalue weighted by Crippen LogP contribution is -2.23. The summed E-state index contributed by atoms with van der Waals surface area (Å²) < 4.78 is 7.64. The minimum absolute atomic E-state index is 0.460. The van der Waals surface area contributed by atoms with E-state index in [0.717, 1.165) is 28.4 Å². The largest absolute Gasteiger partial charge is 0.417 e. The van der Waals surface area contributed by atoms with E-state index in [-0.39, 0.29) is 0 Å². The molecule has 4 aromatic rings. The van der Waals surface area contributed by atoms with Crippen molar-refractivity contribution in [1.29, 1.82) is 0 Å². The SMILES string of the molecule is Cc1cccc2nc(-c3ccc(OC(=O)Nc4ccccc4)cc3)c(NC3CCCCC3)n12. The summed E-state index contributed by atoms with van der Waals surface area (Å²) in [5.41, 5.74) is 4.65. The van der Waals surface area contributed by atoms with Crippen LogP contribution in [0.3, 0.4) is 0 Å². The van der Waals surface area contributed by atoms with Gasteiger partial charge in [-0.2, -0.15) is 0 Å². The zero-order valence-corrected chi connectivity index (χ0v) is 18.8.